The number of rotatable bonds is 11. The number of benzene rings is 2. The summed E-state index contributed by atoms with van der Waals surface area (Å²) in [6, 6.07) is 12.8. The number of nitrogens with one attached hydrogen (secondary N) is 2. The lowest BCUT2D eigenvalue weighted by atomic mass is 10.1. The molecule has 8 heteroatoms. The molecule has 0 aromatic heterocycles. The lowest BCUT2D eigenvalue weighted by Gasteiger charge is -2.14. The van der Waals surface area contributed by atoms with Gasteiger partial charge in [-0.2, -0.15) is 0 Å². The fraction of sp³-hybridized carbons (Fsp3) is 0.364. The summed E-state index contributed by atoms with van der Waals surface area (Å²) in [4.78, 5) is 29.3. The highest BCUT2D eigenvalue weighted by Gasteiger charge is 2.15. The molecule has 2 rings (SSSR count). The fourth-order valence-corrected chi connectivity index (χ4v) is 2.61. The minimum atomic E-state index is -0.849. The number of methoxy groups -OCH3 is 2. The molecule has 0 saturated carbocycles. The first-order valence-electron chi connectivity index (χ1n) is 9.55. The van der Waals surface area contributed by atoms with Gasteiger partial charge in [0, 0.05) is 0 Å². The van der Waals surface area contributed by atoms with Gasteiger partial charge < -0.3 is 19.5 Å². The number of carbonyl (C=O) groups is 2. The molecule has 1 atom stereocenters. The first kappa shape index (κ1) is 23.0. The fourth-order valence-electron chi connectivity index (χ4n) is 2.61. The van der Waals surface area contributed by atoms with Crippen molar-refractivity contribution in [1.82, 2.24) is 10.8 Å². The molecule has 2 aromatic rings. The van der Waals surface area contributed by atoms with Crippen molar-refractivity contribution in [2.75, 3.05) is 27.4 Å². The second-order valence-electron chi connectivity index (χ2n) is 6.61. The highest BCUT2D eigenvalue weighted by molar-refractivity contribution is 5.81. The first-order chi connectivity index (χ1) is 14.4. The summed E-state index contributed by atoms with van der Waals surface area (Å²) >= 11 is 0. The lowest BCUT2D eigenvalue weighted by molar-refractivity contribution is -0.146. The number of carbonyl (C=O) groups excluding carboxylic acids is 2. The Hall–Kier alpha value is -3.26. The van der Waals surface area contributed by atoms with Crippen LogP contribution < -0.4 is 25.0 Å². The van der Waals surface area contributed by atoms with E-state index < -0.39 is 6.10 Å². The molecule has 0 aliphatic carbocycles. The van der Waals surface area contributed by atoms with Gasteiger partial charge in [-0.3, -0.25) is 14.4 Å². The van der Waals surface area contributed by atoms with Crippen molar-refractivity contribution in [3.05, 3.63) is 53.6 Å². The first-order valence-corrected chi connectivity index (χ1v) is 9.55. The number of amides is 2. The number of hydrogen-bond acceptors (Lipinski definition) is 6. The topological polar surface area (TPSA) is 95.1 Å². The number of hydroxylamine groups is 1. The van der Waals surface area contributed by atoms with Crippen molar-refractivity contribution in [2.45, 2.75) is 26.4 Å². The molecule has 0 radical (unpaired) electrons. The van der Waals surface area contributed by atoms with E-state index in [-0.39, 0.29) is 18.2 Å². The van der Waals surface area contributed by atoms with Gasteiger partial charge in [-0.05, 0) is 49.2 Å². The van der Waals surface area contributed by atoms with Crippen LogP contribution in [0, 0.1) is 6.92 Å². The highest BCUT2D eigenvalue weighted by Crippen LogP contribution is 2.27. The van der Waals surface area contributed by atoms with Crippen molar-refractivity contribution in [1.29, 1.82) is 0 Å². The van der Waals surface area contributed by atoms with Crippen LogP contribution in [0.3, 0.4) is 0 Å². The quantitative estimate of drug-likeness (QED) is 0.431. The summed E-state index contributed by atoms with van der Waals surface area (Å²) in [7, 11) is 3.07. The van der Waals surface area contributed by atoms with Crippen molar-refractivity contribution in [3.8, 4) is 17.2 Å². The maximum atomic E-state index is 12.1. The van der Waals surface area contributed by atoms with E-state index in [1.54, 1.807) is 32.2 Å². The molecule has 0 unspecified atom stereocenters. The summed E-state index contributed by atoms with van der Waals surface area (Å²) in [5.41, 5.74) is 4.12. The maximum Gasteiger partial charge on any atom is 0.251 e. The Morgan fingerprint density at radius 2 is 1.80 bits per heavy atom. The molecule has 0 bridgehead atoms. The van der Waals surface area contributed by atoms with Gasteiger partial charge in [0.05, 0.1) is 27.2 Å². The summed E-state index contributed by atoms with van der Waals surface area (Å²) in [5.74, 6) is 1.12. The highest BCUT2D eigenvalue weighted by atomic mass is 16.7. The van der Waals surface area contributed by atoms with E-state index in [1.807, 2.05) is 31.2 Å². The van der Waals surface area contributed by atoms with Crippen LogP contribution >= 0.6 is 0 Å². The van der Waals surface area contributed by atoms with Crippen LogP contribution in [0.15, 0.2) is 42.5 Å². The average molecular weight is 416 g/mol. The Labute approximate surface area is 176 Å². The van der Waals surface area contributed by atoms with E-state index in [2.05, 4.69) is 10.8 Å². The predicted molar refractivity (Wildman–Crippen MR) is 112 cm³/mol. The van der Waals surface area contributed by atoms with Gasteiger partial charge in [0.15, 0.2) is 17.6 Å². The van der Waals surface area contributed by atoms with Gasteiger partial charge in [0.25, 0.3) is 5.91 Å². The Morgan fingerprint density at radius 1 is 1.03 bits per heavy atom. The summed E-state index contributed by atoms with van der Waals surface area (Å²) in [6.45, 7) is 4.17. The van der Waals surface area contributed by atoms with Crippen LogP contribution in [0.5, 0.6) is 17.2 Å². The third-order valence-electron chi connectivity index (χ3n) is 4.19. The van der Waals surface area contributed by atoms with Gasteiger partial charge >= 0.3 is 0 Å². The SMILES string of the molecule is COc1ccc(CC(=O)NO[C@H](C)C(=O)NCCOc2cccc(C)c2)cc1OC. The van der Waals surface area contributed by atoms with Gasteiger partial charge in [0.2, 0.25) is 5.91 Å². The molecule has 0 fully saturated rings. The molecule has 0 spiro atoms. The molecule has 2 amide bonds. The zero-order chi connectivity index (χ0) is 21.9. The van der Waals surface area contributed by atoms with Crippen LogP contribution in [0.1, 0.15) is 18.1 Å². The van der Waals surface area contributed by atoms with Gasteiger partial charge in [-0.1, -0.05) is 18.2 Å². The van der Waals surface area contributed by atoms with Gasteiger partial charge in [0.1, 0.15) is 12.4 Å². The third kappa shape index (κ3) is 7.29. The predicted octanol–water partition coefficient (Wildman–Crippen LogP) is 2.19. The molecule has 0 heterocycles. The van der Waals surface area contributed by atoms with Crippen molar-refractivity contribution >= 4 is 11.8 Å². The van der Waals surface area contributed by atoms with Crippen LogP contribution in [0.25, 0.3) is 0 Å². The maximum absolute atomic E-state index is 12.1. The second kappa shape index (κ2) is 11.7. The van der Waals surface area contributed by atoms with Crippen LogP contribution in [0.4, 0.5) is 0 Å². The molecule has 0 saturated heterocycles. The molecule has 2 N–H and O–H groups in total. The number of ether oxygens (including phenoxy) is 3. The molecule has 0 aliphatic rings. The van der Waals surface area contributed by atoms with Crippen LogP contribution in [0.2, 0.25) is 0 Å². The van der Waals surface area contributed by atoms with E-state index in [9.17, 15) is 9.59 Å². The summed E-state index contributed by atoms with van der Waals surface area (Å²) in [5, 5.41) is 2.70. The Morgan fingerprint density at radius 3 is 2.50 bits per heavy atom. The normalized spacial score (nSPS) is 11.3. The molecular formula is C22H28N2O6. The Bertz CT molecular complexity index is 855. The Balaban J connectivity index is 1.69. The van der Waals surface area contributed by atoms with Crippen molar-refractivity contribution in [3.63, 3.8) is 0 Å². The smallest absolute Gasteiger partial charge is 0.251 e. The molecule has 30 heavy (non-hydrogen) atoms. The number of aryl methyl sites for hydroxylation is 1. The molecule has 8 nitrogen and oxygen atoms in total. The molecule has 0 aliphatic heterocycles. The number of hydrogen-bond donors (Lipinski definition) is 2. The monoisotopic (exact) mass is 416 g/mol. The summed E-state index contributed by atoms with van der Waals surface area (Å²) in [6.07, 6.45) is -0.780. The largest absolute Gasteiger partial charge is 0.493 e. The average Bonchev–Trinajstić information content (AvgIpc) is 2.74. The van der Waals surface area contributed by atoms with E-state index in [0.29, 0.717) is 24.7 Å². The minimum absolute atomic E-state index is 0.0685. The van der Waals surface area contributed by atoms with Gasteiger partial charge in [-0.25, -0.2) is 5.48 Å². The van der Waals surface area contributed by atoms with Crippen LogP contribution in [-0.4, -0.2) is 45.3 Å². The van der Waals surface area contributed by atoms with Gasteiger partial charge in [-0.15, -0.1) is 0 Å². The molecule has 2 aromatic carbocycles. The van der Waals surface area contributed by atoms with Crippen LogP contribution in [-0.2, 0) is 20.8 Å². The zero-order valence-corrected chi connectivity index (χ0v) is 17.7. The van der Waals surface area contributed by atoms with E-state index >= 15 is 0 Å². The van der Waals surface area contributed by atoms with E-state index in [1.165, 1.54) is 7.11 Å². The van der Waals surface area contributed by atoms with Crippen molar-refractivity contribution in [2.24, 2.45) is 0 Å². The standard InChI is InChI=1S/C22H28N2O6/c1-15-6-5-7-18(12-15)29-11-10-23-22(26)16(2)30-24-21(25)14-17-8-9-19(27-3)20(13-17)28-4/h5-9,12-13,16H,10-11,14H2,1-4H3,(H,23,26)(H,24,25)/t16-/m1/s1. The minimum Gasteiger partial charge on any atom is -0.493 e. The van der Waals surface area contributed by atoms with Crippen molar-refractivity contribution < 1.29 is 28.6 Å². The Kier molecular flexibility index (Phi) is 8.96. The molecular weight excluding hydrogens is 388 g/mol. The zero-order valence-electron chi connectivity index (χ0n) is 17.7. The summed E-state index contributed by atoms with van der Waals surface area (Å²) < 4.78 is 16.0. The van der Waals surface area contributed by atoms with E-state index in [0.717, 1.165) is 16.9 Å². The lowest BCUT2D eigenvalue weighted by Crippen LogP contribution is -2.41. The van der Waals surface area contributed by atoms with E-state index in [4.69, 9.17) is 19.0 Å². The third-order valence-corrected chi connectivity index (χ3v) is 4.19. The molecule has 162 valence electrons. The second-order valence-corrected chi connectivity index (χ2v) is 6.61.